The summed E-state index contributed by atoms with van der Waals surface area (Å²) in [6, 6.07) is 3.82. The molecule has 0 saturated heterocycles. The Hall–Kier alpha value is -1.22. The molecule has 6 nitrogen and oxygen atoms in total. The van der Waals surface area contributed by atoms with Crippen molar-refractivity contribution in [2.75, 3.05) is 14.1 Å². The number of thiophene rings is 1. The first-order chi connectivity index (χ1) is 9.05. The smallest absolute Gasteiger partial charge is 0.260 e. The van der Waals surface area contributed by atoms with Crippen LogP contribution in [0.3, 0.4) is 0 Å². The highest BCUT2D eigenvalue weighted by atomic mass is 32.2. The standard InChI is InChI=1S/C11H16N4O2S2/c1-12-6-9-7-13-14-11(9)19(16,17)15(2)8-10-4-3-5-18-10/h3-5,7,12H,6,8H2,1-2H3,(H,13,14). The summed E-state index contributed by atoms with van der Waals surface area (Å²) in [7, 11) is -0.211. The maximum Gasteiger partial charge on any atom is 0.260 e. The van der Waals surface area contributed by atoms with Crippen LogP contribution in [0.4, 0.5) is 0 Å². The summed E-state index contributed by atoms with van der Waals surface area (Å²) >= 11 is 1.53. The lowest BCUT2D eigenvalue weighted by Gasteiger charge is -2.16. The summed E-state index contributed by atoms with van der Waals surface area (Å²) in [5.41, 5.74) is 0.639. The molecule has 0 fully saturated rings. The fraction of sp³-hybridized carbons (Fsp3) is 0.364. The first-order valence-corrected chi connectivity index (χ1v) is 8.03. The maximum absolute atomic E-state index is 12.4. The molecule has 0 aromatic carbocycles. The summed E-state index contributed by atoms with van der Waals surface area (Å²) in [6.07, 6.45) is 1.53. The molecule has 0 aliphatic carbocycles. The van der Waals surface area contributed by atoms with E-state index in [2.05, 4.69) is 15.5 Å². The number of H-pyrrole nitrogens is 1. The minimum Gasteiger partial charge on any atom is -0.316 e. The van der Waals surface area contributed by atoms with Gasteiger partial charge >= 0.3 is 0 Å². The number of aromatic nitrogens is 2. The molecule has 19 heavy (non-hydrogen) atoms. The van der Waals surface area contributed by atoms with Gasteiger partial charge in [0.15, 0.2) is 5.03 Å². The molecule has 0 aliphatic heterocycles. The molecule has 0 spiro atoms. The van der Waals surface area contributed by atoms with Crippen LogP contribution in [0.15, 0.2) is 28.7 Å². The van der Waals surface area contributed by atoms with E-state index in [1.54, 1.807) is 14.1 Å². The zero-order valence-electron chi connectivity index (χ0n) is 10.8. The van der Waals surface area contributed by atoms with Crippen molar-refractivity contribution >= 4 is 21.4 Å². The molecular weight excluding hydrogens is 284 g/mol. The van der Waals surface area contributed by atoms with E-state index in [1.165, 1.54) is 21.8 Å². The predicted molar refractivity (Wildman–Crippen MR) is 74.3 cm³/mol. The second-order valence-electron chi connectivity index (χ2n) is 4.10. The molecular formula is C11H16N4O2S2. The average molecular weight is 300 g/mol. The lowest BCUT2D eigenvalue weighted by atomic mass is 10.4. The number of hydrogen-bond acceptors (Lipinski definition) is 5. The molecule has 2 aromatic heterocycles. The van der Waals surface area contributed by atoms with Crippen LogP contribution in [-0.2, 0) is 23.1 Å². The van der Waals surface area contributed by atoms with Gasteiger partial charge in [-0.25, -0.2) is 8.42 Å². The first-order valence-electron chi connectivity index (χ1n) is 5.71. The molecule has 2 heterocycles. The molecule has 0 radical (unpaired) electrons. The van der Waals surface area contributed by atoms with Gasteiger partial charge in [0.2, 0.25) is 0 Å². The molecule has 2 aromatic rings. The molecule has 0 amide bonds. The van der Waals surface area contributed by atoms with Crippen LogP contribution in [0.25, 0.3) is 0 Å². The normalized spacial score (nSPS) is 12.2. The van der Waals surface area contributed by atoms with E-state index in [4.69, 9.17) is 0 Å². The van der Waals surface area contributed by atoms with Gasteiger partial charge in [0.05, 0.1) is 6.20 Å². The van der Waals surface area contributed by atoms with Crippen LogP contribution >= 0.6 is 11.3 Å². The first kappa shape index (κ1) is 14.2. The fourth-order valence-electron chi connectivity index (χ4n) is 1.70. The molecule has 0 bridgehead atoms. The van der Waals surface area contributed by atoms with Crippen LogP contribution in [0, 0.1) is 0 Å². The molecule has 8 heteroatoms. The molecule has 104 valence electrons. The van der Waals surface area contributed by atoms with E-state index in [0.717, 1.165) is 4.88 Å². The Morgan fingerprint density at radius 2 is 2.32 bits per heavy atom. The van der Waals surface area contributed by atoms with E-state index in [-0.39, 0.29) is 5.03 Å². The van der Waals surface area contributed by atoms with Crippen LogP contribution in [0.5, 0.6) is 0 Å². The van der Waals surface area contributed by atoms with Crippen LogP contribution in [0.2, 0.25) is 0 Å². The van der Waals surface area contributed by atoms with Gasteiger partial charge in [-0.1, -0.05) is 6.07 Å². The summed E-state index contributed by atoms with van der Waals surface area (Å²) in [4.78, 5) is 1.00. The maximum atomic E-state index is 12.4. The van der Waals surface area contributed by atoms with Crippen LogP contribution < -0.4 is 5.32 Å². The Balaban J connectivity index is 2.23. The monoisotopic (exact) mass is 300 g/mol. The van der Waals surface area contributed by atoms with E-state index in [9.17, 15) is 8.42 Å². The number of aromatic amines is 1. The van der Waals surface area contributed by atoms with Gasteiger partial charge < -0.3 is 5.32 Å². The highest BCUT2D eigenvalue weighted by Crippen LogP contribution is 2.19. The van der Waals surface area contributed by atoms with E-state index < -0.39 is 10.0 Å². The Bertz CT molecular complexity index is 619. The minimum atomic E-state index is -3.54. The number of rotatable bonds is 6. The number of sulfonamides is 1. The Labute approximate surface area is 116 Å². The third-order valence-corrected chi connectivity index (χ3v) is 5.35. The topological polar surface area (TPSA) is 78.1 Å². The number of nitrogens with one attached hydrogen (secondary N) is 2. The average Bonchev–Trinajstić information content (AvgIpc) is 3.00. The Kier molecular flexibility index (Phi) is 4.35. The van der Waals surface area contributed by atoms with Gasteiger partial charge in [-0.2, -0.15) is 9.40 Å². The van der Waals surface area contributed by atoms with Gasteiger partial charge in [-0.3, -0.25) is 5.10 Å². The molecule has 0 saturated carbocycles. The quantitative estimate of drug-likeness (QED) is 0.834. The molecule has 2 rings (SSSR count). The number of nitrogens with zero attached hydrogens (tertiary/aromatic N) is 2. The molecule has 2 N–H and O–H groups in total. The SMILES string of the molecule is CNCc1cn[nH]c1S(=O)(=O)N(C)Cc1cccs1. The van der Waals surface area contributed by atoms with Crippen molar-refractivity contribution in [3.63, 3.8) is 0 Å². The third-order valence-electron chi connectivity index (χ3n) is 2.67. The van der Waals surface area contributed by atoms with Crippen molar-refractivity contribution in [1.29, 1.82) is 0 Å². The summed E-state index contributed by atoms with van der Waals surface area (Å²) in [5, 5.41) is 11.4. The van der Waals surface area contributed by atoms with Crippen molar-refractivity contribution in [3.05, 3.63) is 34.2 Å². The van der Waals surface area contributed by atoms with Crippen molar-refractivity contribution in [2.45, 2.75) is 18.1 Å². The van der Waals surface area contributed by atoms with E-state index in [1.807, 2.05) is 17.5 Å². The largest absolute Gasteiger partial charge is 0.316 e. The number of hydrogen-bond donors (Lipinski definition) is 2. The van der Waals surface area contributed by atoms with Crippen molar-refractivity contribution in [1.82, 2.24) is 19.8 Å². The van der Waals surface area contributed by atoms with Crippen molar-refractivity contribution in [3.8, 4) is 0 Å². The fourth-order valence-corrected chi connectivity index (χ4v) is 3.79. The van der Waals surface area contributed by atoms with E-state index >= 15 is 0 Å². The van der Waals surface area contributed by atoms with Gasteiger partial charge in [0.25, 0.3) is 10.0 Å². The third kappa shape index (κ3) is 3.03. The van der Waals surface area contributed by atoms with Crippen molar-refractivity contribution in [2.24, 2.45) is 0 Å². The van der Waals surface area contributed by atoms with Crippen LogP contribution in [-0.4, -0.2) is 37.0 Å². The molecule has 0 atom stereocenters. The van der Waals surface area contributed by atoms with Gasteiger partial charge in [0, 0.05) is 30.6 Å². The molecule has 0 aliphatic rings. The minimum absolute atomic E-state index is 0.154. The van der Waals surface area contributed by atoms with Gasteiger partial charge in [-0.05, 0) is 18.5 Å². The molecule has 0 unspecified atom stereocenters. The Morgan fingerprint density at radius 3 is 2.95 bits per heavy atom. The second kappa shape index (κ2) is 5.83. The summed E-state index contributed by atoms with van der Waals surface area (Å²) in [6.45, 7) is 0.815. The van der Waals surface area contributed by atoms with Gasteiger partial charge in [0.1, 0.15) is 0 Å². The predicted octanol–water partition coefficient (Wildman–Crippen LogP) is 1.01. The highest BCUT2D eigenvalue weighted by Gasteiger charge is 2.25. The zero-order chi connectivity index (χ0) is 13.9. The van der Waals surface area contributed by atoms with E-state index in [0.29, 0.717) is 18.7 Å². The highest BCUT2D eigenvalue weighted by molar-refractivity contribution is 7.89. The summed E-state index contributed by atoms with van der Waals surface area (Å²) in [5.74, 6) is 0. The second-order valence-corrected chi connectivity index (χ2v) is 7.11. The Morgan fingerprint density at radius 1 is 1.53 bits per heavy atom. The lowest BCUT2D eigenvalue weighted by molar-refractivity contribution is 0.465. The summed E-state index contributed by atoms with van der Waals surface area (Å²) < 4.78 is 26.2. The zero-order valence-corrected chi connectivity index (χ0v) is 12.4. The van der Waals surface area contributed by atoms with Gasteiger partial charge in [-0.15, -0.1) is 11.3 Å². The van der Waals surface area contributed by atoms with Crippen LogP contribution in [0.1, 0.15) is 10.4 Å². The van der Waals surface area contributed by atoms with Crippen molar-refractivity contribution < 1.29 is 8.42 Å². The lowest BCUT2D eigenvalue weighted by Crippen LogP contribution is -2.27.